The number of aryl methyl sites for hydroxylation is 2. The summed E-state index contributed by atoms with van der Waals surface area (Å²) in [5, 5.41) is 3.07. The highest BCUT2D eigenvalue weighted by molar-refractivity contribution is 5.77. The molecule has 0 saturated heterocycles. The number of unbranched alkanes of at least 4 members (excludes halogenated alkanes) is 5. The van der Waals surface area contributed by atoms with Crippen LogP contribution < -0.4 is 5.32 Å². The molecule has 0 radical (unpaired) electrons. The fraction of sp³-hybridized carbons (Fsp3) is 0.462. The van der Waals surface area contributed by atoms with Crippen LogP contribution in [0.25, 0.3) is 11.0 Å². The molecule has 3 rings (SSSR count). The number of aromatic nitrogens is 2. The van der Waals surface area contributed by atoms with Gasteiger partial charge in [-0.05, 0) is 30.5 Å². The van der Waals surface area contributed by atoms with E-state index in [2.05, 4.69) is 47.1 Å². The molecule has 1 heterocycles. The number of fused-ring (bicyclic) bond motifs is 1. The van der Waals surface area contributed by atoms with Crippen LogP contribution in [0.1, 0.15) is 63.3 Å². The van der Waals surface area contributed by atoms with Crippen molar-refractivity contribution >= 4 is 16.9 Å². The summed E-state index contributed by atoms with van der Waals surface area (Å²) < 4.78 is 2.35. The number of nitrogens with zero attached hydrogens (tertiary/aromatic N) is 2. The van der Waals surface area contributed by atoms with Crippen LogP contribution >= 0.6 is 0 Å². The lowest BCUT2D eigenvalue weighted by Gasteiger charge is -2.10. The first kappa shape index (κ1) is 22.1. The largest absolute Gasteiger partial charge is 0.356 e. The number of para-hydroxylation sites is 2. The zero-order chi connectivity index (χ0) is 21.0. The van der Waals surface area contributed by atoms with Crippen molar-refractivity contribution in [3.63, 3.8) is 0 Å². The molecule has 3 aromatic rings. The molecular weight excluding hydrogens is 370 g/mol. The number of hydrogen-bond donors (Lipinski definition) is 1. The van der Waals surface area contributed by atoms with E-state index in [4.69, 9.17) is 4.98 Å². The van der Waals surface area contributed by atoms with E-state index >= 15 is 0 Å². The summed E-state index contributed by atoms with van der Waals surface area (Å²) in [6.07, 6.45) is 9.79. The van der Waals surface area contributed by atoms with Gasteiger partial charge in [0.1, 0.15) is 5.82 Å². The van der Waals surface area contributed by atoms with E-state index in [1.165, 1.54) is 49.6 Å². The van der Waals surface area contributed by atoms with Gasteiger partial charge in [-0.1, -0.05) is 81.5 Å². The van der Waals surface area contributed by atoms with E-state index < -0.39 is 0 Å². The van der Waals surface area contributed by atoms with Crippen LogP contribution in [0.2, 0.25) is 0 Å². The Morgan fingerprint density at radius 1 is 0.900 bits per heavy atom. The summed E-state index contributed by atoms with van der Waals surface area (Å²) in [7, 11) is 0. The van der Waals surface area contributed by atoms with Gasteiger partial charge in [-0.25, -0.2) is 4.98 Å². The minimum Gasteiger partial charge on any atom is -0.356 e. The van der Waals surface area contributed by atoms with Gasteiger partial charge in [0.2, 0.25) is 5.91 Å². The van der Waals surface area contributed by atoms with E-state index in [9.17, 15) is 4.79 Å². The van der Waals surface area contributed by atoms with Gasteiger partial charge in [0.15, 0.2) is 0 Å². The highest BCUT2D eigenvalue weighted by Crippen LogP contribution is 2.18. The van der Waals surface area contributed by atoms with Gasteiger partial charge in [-0.3, -0.25) is 4.79 Å². The van der Waals surface area contributed by atoms with E-state index in [1.54, 1.807) is 0 Å². The van der Waals surface area contributed by atoms with Crippen molar-refractivity contribution in [2.75, 3.05) is 6.54 Å². The number of hydrogen-bond acceptors (Lipinski definition) is 2. The van der Waals surface area contributed by atoms with E-state index in [0.717, 1.165) is 30.7 Å². The number of carbonyl (C=O) groups excluding carboxylic acids is 1. The SMILES string of the molecule is CCCCCCCCn1c(CCNC(=O)CCc2ccccc2)nc2ccccc21. The second kappa shape index (κ2) is 12.2. The molecule has 0 bridgehead atoms. The fourth-order valence-electron chi connectivity index (χ4n) is 3.92. The zero-order valence-electron chi connectivity index (χ0n) is 18.3. The van der Waals surface area contributed by atoms with Crippen molar-refractivity contribution in [2.45, 2.75) is 71.3 Å². The molecule has 1 aromatic heterocycles. The Kier molecular flexibility index (Phi) is 8.95. The Labute approximate surface area is 180 Å². The van der Waals surface area contributed by atoms with Crippen LogP contribution in [0, 0.1) is 0 Å². The summed E-state index contributed by atoms with van der Waals surface area (Å²) >= 11 is 0. The van der Waals surface area contributed by atoms with Crippen LogP contribution in [0.4, 0.5) is 0 Å². The lowest BCUT2D eigenvalue weighted by atomic mass is 10.1. The lowest BCUT2D eigenvalue weighted by molar-refractivity contribution is -0.121. The molecule has 0 aliphatic rings. The minimum atomic E-state index is 0.109. The average molecular weight is 406 g/mol. The molecule has 1 amide bonds. The molecule has 160 valence electrons. The number of nitrogens with one attached hydrogen (secondary N) is 1. The third-order valence-electron chi connectivity index (χ3n) is 5.62. The second-order valence-electron chi connectivity index (χ2n) is 8.02. The van der Waals surface area contributed by atoms with Crippen molar-refractivity contribution in [2.24, 2.45) is 0 Å². The molecule has 0 aliphatic carbocycles. The predicted octanol–water partition coefficient (Wildman–Crippen LogP) is 5.69. The zero-order valence-corrected chi connectivity index (χ0v) is 18.3. The predicted molar refractivity (Wildman–Crippen MR) is 125 cm³/mol. The molecule has 30 heavy (non-hydrogen) atoms. The Morgan fingerprint density at radius 2 is 1.63 bits per heavy atom. The molecule has 0 fully saturated rings. The molecule has 4 heteroatoms. The fourth-order valence-corrected chi connectivity index (χ4v) is 3.92. The molecule has 0 unspecified atom stereocenters. The second-order valence-corrected chi connectivity index (χ2v) is 8.02. The normalized spacial score (nSPS) is 11.1. The van der Waals surface area contributed by atoms with E-state index in [1.807, 2.05) is 24.3 Å². The third-order valence-corrected chi connectivity index (χ3v) is 5.62. The molecule has 0 atom stereocenters. The Bertz CT molecular complexity index is 901. The highest BCUT2D eigenvalue weighted by Gasteiger charge is 2.11. The minimum absolute atomic E-state index is 0.109. The van der Waals surface area contributed by atoms with Crippen LogP contribution in [0.15, 0.2) is 54.6 Å². The van der Waals surface area contributed by atoms with Crippen molar-refractivity contribution < 1.29 is 4.79 Å². The summed E-state index contributed by atoms with van der Waals surface area (Å²) in [4.78, 5) is 17.1. The summed E-state index contributed by atoms with van der Waals surface area (Å²) in [6.45, 7) is 3.89. The summed E-state index contributed by atoms with van der Waals surface area (Å²) in [5.41, 5.74) is 3.46. The van der Waals surface area contributed by atoms with Gasteiger partial charge in [0.25, 0.3) is 0 Å². The Hall–Kier alpha value is -2.62. The molecule has 0 saturated carbocycles. The first-order valence-electron chi connectivity index (χ1n) is 11.5. The first-order valence-corrected chi connectivity index (χ1v) is 11.5. The van der Waals surface area contributed by atoms with Gasteiger partial charge in [0.05, 0.1) is 11.0 Å². The third kappa shape index (κ3) is 6.72. The monoisotopic (exact) mass is 405 g/mol. The Morgan fingerprint density at radius 3 is 2.47 bits per heavy atom. The number of benzene rings is 2. The average Bonchev–Trinajstić information content (AvgIpc) is 3.13. The number of carbonyl (C=O) groups is 1. The van der Waals surface area contributed by atoms with Crippen LogP contribution in [-0.2, 0) is 24.2 Å². The maximum absolute atomic E-state index is 12.2. The van der Waals surface area contributed by atoms with Crippen molar-refractivity contribution in [3.05, 3.63) is 66.0 Å². The molecular formula is C26H35N3O. The smallest absolute Gasteiger partial charge is 0.220 e. The van der Waals surface area contributed by atoms with Gasteiger partial charge in [0, 0.05) is 25.9 Å². The van der Waals surface area contributed by atoms with E-state index in [0.29, 0.717) is 13.0 Å². The first-order chi connectivity index (χ1) is 14.8. The number of amides is 1. The van der Waals surface area contributed by atoms with Crippen LogP contribution in [-0.4, -0.2) is 22.0 Å². The van der Waals surface area contributed by atoms with Gasteiger partial charge in [-0.15, -0.1) is 0 Å². The lowest BCUT2D eigenvalue weighted by Crippen LogP contribution is -2.26. The van der Waals surface area contributed by atoms with Crippen LogP contribution in [0.3, 0.4) is 0 Å². The van der Waals surface area contributed by atoms with Crippen molar-refractivity contribution in [3.8, 4) is 0 Å². The molecule has 0 aliphatic heterocycles. The van der Waals surface area contributed by atoms with E-state index in [-0.39, 0.29) is 5.91 Å². The summed E-state index contributed by atoms with van der Waals surface area (Å²) in [6, 6.07) is 18.5. The summed E-state index contributed by atoms with van der Waals surface area (Å²) in [5.74, 6) is 1.19. The molecule has 2 aromatic carbocycles. The van der Waals surface area contributed by atoms with Crippen molar-refractivity contribution in [1.82, 2.24) is 14.9 Å². The maximum atomic E-state index is 12.2. The molecule has 4 nitrogen and oxygen atoms in total. The molecule has 0 spiro atoms. The maximum Gasteiger partial charge on any atom is 0.220 e. The van der Waals surface area contributed by atoms with Gasteiger partial charge < -0.3 is 9.88 Å². The number of imidazole rings is 1. The standard InChI is InChI=1S/C26H35N3O/c1-2-3-4-5-6-12-21-29-24-16-11-10-15-23(24)28-25(29)19-20-27-26(30)18-17-22-13-8-7-9-14-22/h7-11,13-16H,2-6,12,17-21H2,1H3,(H,27,30). The quantitative estimate of drug-likeness (QED) is 0.371. The number of rotatable bonds is 13. The topological polar surface area (TPSA) is 46.9 Å². The highest BCUT2D eigenvalue weighted by atomic mass is 16.1. The molecule has 1 N–H and O–H groups in total. The van der Waals surface area contributed by atoms with Crippen molar-refractivity contribution in [1.29, 1.82) is 0 Å². The van der Waals surface area contributed by atoms with Crippen LogP contribution in [0.5, 0.6) is 0 Å². The van der Waals surface area contributed by atoms with Gasteiger partial charge >= 0.3 is 0 Å². The Balaban J connectivity index is 1.50. The van der Waals surface area contributed by atoms with Gasteiger partial charge in [-0.2, -0.15) is 0 Å².